The van der Waals surface area contributed by atoms with E-state index in [1.807, 2.05) is 6.92 Å². The maximum Gasteiger partial charge on any atom is 0.231 e. The normalized spacial score (nSPS) is 10.9. The van der Waals surface area contributed by atoms with E-state index < -0.39 is 0 Å². The average molecular weight is 375 g/mol. The molecular formula is C16H21N7O4. The molecule has 27 heavy (non-hydrogen) atoms. The van der Waals surface area contributed by atoms with E-state index in [0.29, 0.717) is 35.0 Å². The van der Waals surface area contributed by atoms with E-state index in [0.717, 1.165) is 6.42 Å². The molecule has 0 bridgehead atoms. The zero-order valence-electron chi connectivity index (χ0n) is 15.0. The Labute approximate surface area is 154 Å². The maximum absolute atomic E-state index is 10.1. The largest absolute Gasteiger partial charge is 0.504 e. The Hall–Kier alpha value is -3.34. The number of aromatic nitrogens is 5. The van der Waals surface area contributed by atoms with Crippen LogP contribution < -0.4 is 15.0 Å². The van der Waals surface area contributed by atoms with Crippen molar-refractivity contribution in [2.75, 3.05) is 30.6 Å². The first kappa shape index (κ1) is 18.5. The smallest absolute Gasteiger partial charge is 0.231 e. The number of anilines is 2. The van der Waals surface area contributed by atoms with Gasteiger partial charge in [-0.1, -0.05) is 12.1 Å². The number of ether oxygens (including phenoxy) is 1. The van der Waals surface area contributed by atoms with Crippen LogP contribution in [-0.4, -0.2) is 61.1 Å². The van der Waals surface area contributed by atoms with Crippen LogP contribution in [0, 0.1) is 0 Å². The van der Waals surface area contributed by atoms with Crippen LogP contribution in [0.15, 0.2) is 12.1 Å². The number of aromatic hydroxyl groups is 2. The van der Waals surface area contributed by atoms with Gasteiger partial charge in [-0.3, -0.25) is 0 Å². The molecule has 0 amide bonds. The van der Waals surface area contributed by atoms with Crippen LogP contribution in [-0.2, 0) is 6.54 Å². The molecule has 0 aliphatic rings. The topological polar surface area (TPSA) is 153 Å². The summed E-state index contributed by atoms with van der Waals surface area (Å²) in [6, 6.07) is 3.18. The number of phenolic OH excluding ortho intramolecular Hbond substituents is 2. The second kappa shape index (κ2) is 7.91. The number of nitrogens with zero attached hydrogens (tertiary/aromatic N) is 5. The Morgan fingerprint density at radius 1 is 1.22 bits per heavy atom. The van der Waals surface area contributed by atoms with Gasteiger partial charge in [0.05, 0.1) is 7.11 Å². The van der Waals surface area contributed by atoms with Gasteiger partial charge in [-0.05, 0) is 18.6 Å². The van der Waals surface area contributed by atoms with Gasteiger partial charge in [0.15, 0.2) is 28.5 Å². The number of rotatable bonds is 8. The molecule has 0 fully saturated rings. The monoisotopic (exact) mass is 375 g/mol. The van der Waals surface area contributed by atoms with Gasteiger partial charge in [0.1, 0.15) is 6.73 Å². The van der Waals surface area contributed by atoms with Gasteiger partial charge in [0.2, 0.25) is 11.7 Å². The van der Waals surface area contributed by atoms with Crippen LogP contribution in [0.3, 0.4) is 0 Å². The molecule has 2 heterocycles. The van der Waals surface area contributed by atoms with Crippen molar-refractivity contribution in [2.45, 2.75) is 19.9 Å². The van der Waals surface area contributed by atoms with E-state index in [4.69, 9.17) is 4.74 Å². The van der Waals surface area contributed by atoms with E-state index in [2.05, 4.69) is 30.7 Å². The molecule has 5 N–H and O–H groups in total. The fourth-order valence-corrected chi connectivity index (χ4v) is 2.60. The number of methoxy groups -OCH3 is 1. The summed E-state index contributed by atoms with van der Waals surface area (Å²) in [6.07, 6.45) is 0.810. The van der Waals surface area contributed by atoms with Crippen molar-refractivity contribution in [3.05, 3.63) is 17.7 Å². The maximum atomic E-state index is 10.1. The van der Waals surface area contributed by atoms with Gasteiger partial charge in [-0.25, -0.2) is 5.10 Å². The van der Waals surface area contributed by atoms with Crippen molar-refractivity contribution < 1.29 is 20.1 Å². The SMILES string of the molecule is CCCN(CO)c1nc(NCc2ccc(OC)c(O)c2O)c2nn[nH]c2n1. The molecule has 0 aliphatic heterocycles. The third kappa shape index (κ3) is 3.62. The highest BCUT2D eigenvalue weighted by Crippen LogP contribution is 2.38. The van der Waals surface area contributed by atoms with Gasteiger partial charge in [0.25, 0.3) is 0 Å². The summed E-state index contributed by atoms with van der Waals surface area (Å²) in [4.78, 5) is 10.4. The molecule has 144 valence electrons. The molecule has 0 saturated heterocycles. The first-order valence-corrected chi connectivity index (χ1v) is 8.35. The summed E-state index contributed by atoms with van der Waals surface area (Å²) in [5.41, 5.74) is 1.28. The van der Waals surface area contributed by atoms with E-state index in [1.165, 1.54) is 7.11 Å². The molecule has 0 aliphatic carbocycles. The number of hydrogen-bond acceptors (Lipinski definition) is 10. The summed E-state index contributed by atoms with van der Waals surface area (Å²) in [7, 11) is 1.40. The Morgan fingerprint density at radius 2 is 2.04 bits per heavy atom. The van der Waals surface area contributed by atoms with Crippen molar-refractivity contribution >= 4 is 22.9 Å². The summed E-state index contributed by atoms with van der Waals surface area (Å²) < 4.78 is 4.97. The van der Waals surface area contributed by atoms with E-state index in [-0.39, 0.29) is 30.5 Å². The second-order valence-corrected chi connectivity index (χ2v) is 5.76. The molecule has 3 aromatic rings. The van der Waals surface area contributed by atoms with Crippen LogP contribution in [0.2, 0.25) is 0 Å². The molecule has 0 radical (unpaired) electrons. The molecule has 11 nitrogen and oxygen atoms in total. The minimum Gasteiger partial charge on any atom is -0.504 e. The molecule has 2 aromatic heterocycles. The number of fused-ring (bicyclic) bond motifs is 1. The zero-order chi connectivity index (χ0) is 19.4. The molecule has 0 atom stereocenters. The number of aliphatic hydroxyl groups is 1. The van der Waals surface area contributed by atoms with Crippen molar-refractivity contribution in [3.8, 4) is 17.2 Å². The number of benzene rings is 1. The summed E-state index contributed by atoms with van der Waals surface area (Å²) in [6.45, 7) is 2.50. The number of hydrogen-bond donors (Lipinski definition) is 5. The highest BCUT2D eigenvalue weighted by molar-refractivity contribution is 5.83. The molecular weight excluding hydrogens is 354 g/mol. The van der Waals surface area contributed by atoms with Gasteiger partial charge >= 0.3 is 0 Å². The van der Waals surface area contributed by atoms with Crippen molar-refractivity contribution in [1.29, 1.82) is 0 Å². The van der Waals surface area contributed by atoms with Gasteiger partial charge in [-0.15, -0.1) is 5.10 Å². The first-order chi connectivity index (χ1) is 13.1. The lowest BCUT2D eigenvalue weighted by Gasteiger charge is -2.19. The fraction of sp³-hybridized carbons (Fsp3) is 0.375. The Morgan fingerprint density at radius 3 is 2.74 bits per heavy atom. The van der Waals surface area contributed by atoms with E-state index in [1.54, 1.807) is 17.0 Å². The Balaban J connectivity index is 1.90. The lowest BCUT2D eigenvalue weighted by Crippen LogP contribution is -2.27. The molecule has 0 spiro atoms. The standard InChI is InChI=1S/C16H21N7O4/c1-3-6-23(8-24)16-18-14(11-15(19-16)21-22-20-11)17-7-9-4-5-10(27-2)13(26)12(9)25/h4-5,24-26H,3,6-8H2,1-2H3,(H2,17,18,19,20,21,22). The van der Waals surface area contributed by atoms with E-state index in [9.17, 15) is 15.3 Å². The van der Waals surface area contributed by atoms with Gasteiger partial charge in [-0.2, -0.15) is 9.97 Å². The highest BCUT2D eigenvalue weighted by atomic mass is 16.5. The minimum atomic E-state index is -0.332. The fourth-order valence-electron chi connectivity index (χ4n) is 2.60. The quantitative estimate of drug-likeness (QED) is 0.284. The van der Waals surface area contributed by atoms with Crippen molar-refractivity contribution in [3.63, 3.8) is 0 Å². The summed E-state index contributed by atoms with van der Waals surface area (Å²) in [5, 5.41) is 43.1. The van der Waals surface area contributed by atoms with Gasteiger partial charge in [0, 0.05) is 18.7 Å². The number of aromatic amines is 1. The lowest BCUT2D eigenvalue weighted by atomic mass is 10.1. The van der Waals surface area contributed by atoms with Crippen molar-refractivity contribution in [1.82, 2.24) is 25.4 Å². The summed E-state index contributed by atoms with van der Waals surface area (Å²) in [5.74, 6) is 0.268. The third-order valence-corrected chi connectivity index (χ3v) is 3.99. The number of H-pyrrole nitrogens is 1. The Kier molecular flexibility index (Phi) is 5.41. The molecule has 0 unspecified atom stereocenters. The second-order valence-electron chi connectivity index (χ2n) is 5.76. The minimum absolute atomic E-state index is 0.161. The van der Waals surface area contributed by atoms with Crippen LogP contribution >= 0.6 is 0 Å². The first-order valence-electron chi connectivity index (χ1n) is 8.35. The molecule has 1 aromatic carbocycles. The zero-order valence-corrected chi connectivity index (χ0v) is 15.0. The van der Waals surface area contributed by atoms with Crippen LogP contribution in [0.4, 0.5) is 11.8 Å². The Bertz CT molecular complexity index is 931. The van der Waals surface area contributed by atoms with Crippen LogP contribution in [0.1, 0.15) is 18.9 Å². The van der Waals surface area contributed by atoms with E-state index >= 15 is 0 Å². The summed E-state index contributed by atoms with van der Waals surface area (Å²) >= 11 is 0. The van der Waals surface area contributed by atoms with Crippen LogP contribution in [0.25, 0.3) is 11.2 Å². The number of phenols is 2. The molecule has 11 heteroatoms. The lowest BCUT2D eigenvalue weighted by molar-refractivity contribution is 0.288. The molecule has 0 saturated carbocycles. The van der Waals surface area contributed by atoms with Gasteiger partial charge < -0.3 is 30.3 Å². The average Bonchev–Trinajstić information content (AvgIpc) is 3.15. The highest BCUT2D eigenvalue weighted by Gasteiger charge is 2.17. The predicted octanol–water partition coefficient (Wildman–Crippen LogP) is 0.946. The van der Waals surface area contributed by atoms with Crippen LogP contribution in [0.5, 0.6) is 17.2 Å². The third-order valence-electron chi connectivity index (χ3n) is 3.99. The number of nitrogens with one attached hydrogen (secondary N) is 2. The predicted molar refractivity (Wildman–Crippen MR) is 97.9 cm³/mol. The number of aliphatic hydroxyl groups excluding tert-OH is 1. The van der Waals surface area contributed by atoms with Crippen molar-refractivity contribution in [2.24, 2.45) is 0 Å². The molecule has 3 rings (SSSR count).